The lowest BCUT2D eigenvalue weighted by Gasteiger charge is -2.02. The van der Waals surface area contributed by atoms with Crippen molar-refractivity contribution >= 4 is 21.8 Å². The maximum Gasteiger partial charge on any atom is 0.253 e. The maximum absolute atomic E-state index is 11.8. The Labute approximate surface area is 113 Å². The Morgan fingerprint density at radius 2 is 2.22 bits per heavy atom. The van der Waals surface area contributed by atoms with Crippen molar-refractivity contribution in [1.82, 2.24) is 15.3 Å². The highest BCUT2D eigenvalue weighted by Crippen LogP contribution is 2.07. The molecule has 5 nitrogen and oxygen atoms in total. The number of nitrogens with one attached hydrogen (secondary N) is 1. The van der Waals surface area contributed by atoms with Crippen LogP contribution < -0.4 is 5.32 Å². The fourth-order valence-electron chi connectivity index (χ4n) is 1.36. The van der Waals surface area contributed by atoms with Crippen LogP contribution >= 0.6 is 15.9 Å². The number of carbonyl (C=O) groups is 1. The van der Waals surface area contributed by atoms with E-state index >= 15 is 0 Å². The molecule has 2 aromatic heterocycles. The summed E-state index contributed by atoms with van der Waals surface area (Å²) in [5, 5.41) is 2.72. The van der Waals surface area contributed by atoms with Crippen LogP contribution in [0.25, 0.3) is 0 Å². The molecule has 0 saturated heterocycles. The molecule has 2 heterocycles. The minimum Gasteiger partial charge on any atom is -0.444 e. The predicted molar refractivity (Wildman–Crippen MR) is 69.0 cm³/mol. The molecule has 0 aliphatic rings. The Kier molecular flexibility index (Phi) is 4.09. The summed E-state index contributed by atoms with van der Waals surface area (Å²) in [4.78, 5) is 19.8. The molecular weight excluding hydrogens is 298 g/mol. The number of nitrogens with zero attached hydrogens (tertiary/aromatic N) is 2. The Morgan fingerprint density at radius 1 is 1.39 bits per heavy atom. The van der Waals surface area contributed by atoms with Crippen molar-refractivity contribution in [3.8, 4) is 0 Å². The number of aryl methyl sites for hydroxylation is 1. The Balaban J connectivity index is 1.93. The van der Waals surface area contributed by atoms with Gasteiger partial charge in [0.05, 0.1) is 18.3 Å². The van der Waals surface area contributed by atoms with Gasteiger partial charge < -0.3 is 9.73 Å². The molecule has 1 amide bonds. The van der Waals surface area contributed by atoms with Gasteiger partial charge in [0.25, 0.3) is 5.91 Å². The summed E-state index contributed by atoms with van der Waals surface area (Å²) < 4.78 is 6.08. The molecule has 0 aliphatic heterocycles. The molecule has 18 heavy (non-hydrogen) atoms. The van der Waals surface area contributed by atoms with Crippen LogP contribution in [0.1, 0.15) is 28.9 Å². The number of halogens is 1. The standard InChI is InChI=1S/C12H12BrN3O2/c1-2-9-6-15-11(18-9)7-16-12(17)8-3-4-10(13)14-5-8/h3-6H,2,7H2,1H3,(H,16,17). The summed E-state index contributed by atoms with van der Waals surface area (Å²) in [5.41, 5.74) is 0.500. The second kappa shape index (κ2) is 5.77. The van der Waals surface area contributed by atoms with Gasteiger partial charge >= 0.3 is 0 Å². The highest BCUT2D eigenvalue weighted by atomic mass is 79.9. The number of oxazole rings is 1. The second-order valence-corrected chi connectivity index (χ2v) is 4.44. The third-order valence-electron chi connectivity index (χ3n) is 2.34. The van der Waals surface area contributed by atoms with Crippen LogP contribution in [0, 0.1) is 0 Å². The zero-order chi connectivity index (χ0) is 13.0. The molecule has 0 bridgehead atoms. The number of carbonyl (C=O) groups excluding carboxylic acids is 1. The van der Waals surface area contributed by atoms with Gasteiger partial charge in [0.15, 0.2) is 0 Å². The molecule has 0 aliphatic carbocycles. The van der Waals surface area contributed by atoms with Crippen molar-refractivity contribution in [2.75, 3.05) is 0 Å². The van der Waals surface area contributed by atoms with Crippen molar-refractivity contribution in [3.05, 3.63) is 46.3 Å². The quantitative estimate of drug-likeness (QED) is 0.880. The first-order chi connectivity index (χ1) is 8.69. The summed E-state index contributed by atoms with van der Waals surface area (Å²) in [7, 11) is 0. The molecule has 2 rings (SSSR count). The summed E-state index contributed by atoms with van der Waals surface area (Å²) in [6.07, 6.45) is 3.96. The lowest BCUT2D eigenvalue weighted by atomic mass is 10.3. The van der Waals surface area contributed by atoms with E-state index in [0.29, 0.717) is 16.1 Å². The van der Waals surface area contributed by atoms with Crippen LogP contribution in [0.2, 0.25) is 0 Å². The summed E-state index contributed by atoms with van der Waals surface area (Å²) in [5.74, 6) is 1.11. The monoisotopic (exact) mass is 309 g/mol. The summed E-state index contributed by atoms with van der Waals surface area (Å²) in [6, 6.07) is 3.41. The number of amides is 1. The van der Waals surface area contributed by atoms with E-state index in [1.807, 2.05) is 6.92 Å². The van der Waals surface area contributed by atoms with Crippen molar-refractivity contribution < 1.29 is 9.21 Å². The number of hydrogen-bond donors (Lipinski definition) is 1. The average molecular weight is 310 g/mol. The largest absolute Gasteiger partial charge is 0.444 e. The molecule has 0 saturated carbocycles. The summed E-state index contributed by atoms with van der Waals surface area (Å²) >= 11 is 3.21. The highest BCUT2D eigenvalue weighted by molar-refractivity contribution is 9.10. The predicted octanol–water partition coefficient (Wildman–Crippen LogP) is 2.32. The molecule has 0 fully saturated rings. The number of hydrogen-bond acceptors (Lipinski definition) is 4. The lowest BCUT2D eigenvalue weighted by molar-refractivity contribution is 0.0946. The fourth-order valence-corrected chi connectivity index (χ4v) is 1.60. The molecule has 2 aromatic rings. The van der Waals surface area contributed by atoms with Gasteiger partial charge in [-0.15, -0.1) is 0 Å². The normalized spacial score (nSPS) is 10.3. The van der Waals surface area contributed by atoms with E-state index in [1.165, 1.54) is 6.20 Å². The van der Waals surface area contributed by atoms with Crippen molar-refractivity contribution in [2.45, 2.75) is 19.9 Å². The van der Waals surface area contributed by atoms with Crippen LogP contribution in [0.5, 0.6) is 0 Å². The number of rotatable bonds is 4. The van der Waals surface area contributed by atoms with E-state index in [-0.39, 0.29) is 12.5 Å². The maximum atomic E-state index is 11.8. The fraction of sp³-hybridized carbons (Fsp3) is 0.250. The molecule has 6 heteroatoms. The number of pyridine rings is 1. The van der Waals surface area contributed by atoms with Crippen LogP contribution in [0.3, 0.4) is 0 Å². The lowest BCUT2D eigenvalue weighted by Crippen LogP contribution is -2.23. The van der Waals surface area contributed by atoms with E-state index in [0.717, 1.165) is 12.2 Å². The van der Waals surface area contributed by atoms with Crippen molar-refractivity contribution in [2.24, 2.45) is 0 Å². The molecule has 0 radical (unpaired) electrons. The molecule has 1 N–H and O–H groups in total. The van der Waals surface area contributed by atoms with Crippen LogP contribution in [0.4, 0.5) is 0 Å². The Morgan fingerprint density at radius 3 is 2.83 bits per heavy atom. The van der Waals surface area contributed by atoms with E-state index < -0.39 is 0 Å². The van der Waals surface area contributed by atoms with Crippen LogP contribution in [-0.4, -0.2) is 15.9 Å². The van der Waals surface area contributed by atoms with Gasteiger partial charge in [0.1, 0.15) is 10.4 Å². The van der Waals surface area contributed by atoms with Crippen LogP contribution in [0.15, 0.2) is 33.5 Å². The van der Waals surface area contributed by atoms with Gasteiger partial charge in [-0.1, -0.05) is 6.92 Å². The van der Waals surface area contributed by atoms with E-state index in [2.05, 4.69) is 31.2 Å². The topological polar surface area (TPSA) is 68.0 Å². The first-order valence-electron chi connectivity index (χ1n) is 5.52. The van der Waals surface area contributed by atoms with Gasteiger partial charge in [-0.2, -0.15) is 0 Å². The SMILES string of the molecule is CCc1cnc(CNC(=O)c2ccc(Br)nc2)o1. The third kappa shape index (κ3) is 3.16. The Bertz CT molecular complexity index is 537. The first-order valence-corrected chi connectivity index (χ1v) is 6.31. The van der Waals surface area contributed by atoms with E-state index in [9.17, 15) is 4.79 Å². The van der Waals surface area contributed by atoms with Gasteiger partial charge in [-0.25, -0.2) is 9.97 Å². The molecule has 0 aromatic carbocycles. The zero-order valence-electron chi connectivity index (χ0n) is 9.81. The van der Waals surface area contributed by atoms with Gasteiger partial charge in [0, 0.05) is 12.6 Å². The third-order valence-corrected chi connectivity index (χ3v) is 2.81. The van der Waals surface area contributed by atoms with Crippen molar-refractivity contribution in [3.63, 3.8) is 0 Å². The molecule has 0 unspecified atom stereocenters. The summed E-state index contributed by atoms with van der Waals surface area (Å²) in [6.45, 7) is 2.26. The van der Waals surface area contributed by atoms with Crippen LogP contribution in [-0.2, 0) is 13.0 Å². The number of aromatic nitrogens is 2. The second-order valence-electron chi connectivity index (χ2n) is 3.63. The zero-order valence-corrected chi connectivity index (χ0v) is 11.4. The molecule has 0 atom stereocenters. The van der Waals surface area contributed by atoms with E-state index in [1.54, 1.807) is 18.3 Å². The Hall–Kier alpha value is -1.69. The molecule has 0 spiro atoms. The van der Waals surface area contributed by atoms with E-state index in [4.69, 9.17) is 4.42 Å². The van der Waals surface area contributed by atoms with Gasteiger partial charge in [0.2, 0.25) is 5.89 Å². The average Bonchev–Trinajstić information content (AvgIpc) is 2.85. The minimum absolute atomic E-state index is 0.203. The van der Waals surface area contributed by atoms with Gasteiger partial charge in [-0.05, 0) is 28.1 Å². The molecular formula is C12H12BrN3O2. The van der Waals surface area contributed by atoms with Gasteiger partial charge in [-0.3, -0.25) is 4.79 Å². The molecule has 94 valence electrons. The van der Waals surface area contributed by atoms with Crippen molar-refractivity contribution in [1.29, 1.82) is 0 Å². The highest BCUT2D eigenvalue weighted by Gasteiger charge is 2.08. The minimum atomic E-state index is -0.203. The smallest absolute Gasteiger partial charge is 0.253 e. The first kappa shape index (κ1) is 12.8.